The van der Waals surface area contributed by atoms with Crippen LogP contribution in [-0.2, 0) is 6.54 Å². The van der Waals surface area contributed by atoms with Gasteiger partial charge in [0.15, 0.2) is 0 Å². The van der Waals surface area contributed by atoms with Crippen LogP contribution in [0.3, 0.4) is 0 Å². The third kappa shape index (κ3) is 4.51. The van der Waals surface area contributed by atoms with Crippen LogP contribution < -0.4 is 0 Å². The van der Waals surface area contributed by atoms with Crippen molar-refractivity contribution >= 4 is 11.6 Å². The number of rotatable bonds is 7. The van der Waals surface area contributed by atoms with Crippen molar-refractivity contribution in [2.75, 3.05) is 6.54 Å². The molecular weight excluding hydrogens is 246 g/mol. The summed E-state index contributed by atoms with van der Waals surface area (Å²) in [6.07, 6.45) is 3.67. The molecule has 0 bridgehead atoms. The molecule has 1 aromatic carbocycles. The van der Waals surface area contributed by atoms with Crippen LogP contribution in [0, 0.1) is 0 Å². The first-order valence-electron chi connectivity index (χ1n) is 6.76. The molecule has 1 rings (SSSR count). The Morgan fingerprint density at radius 2 is 2.00 bits per heavy atom. The lowest BCUT2D eigenvalue weighted by Gasteiger charge is -2.27. The van der Waals surface area contributed by atoms with Gasteiger partial charge in [-0.25, -0.2) is 0 Å². The van der Waals surface area contributed by atoms with Crippen molar-refractivity contribution in [1.82, 2.24) is 4.90 Å². The minimum Gasteiger partial charge on any atom is -0.508 e. The molecule has 0 amide bonds. The maximum atomic E-state index is 9.88. The van der Waals surface area contributed by atoms with Gasteiger partial charge < -0.3 is 5.11 Å². The molecule has 18 heavy (non-hydrogen) atoms. The van der Waals surface area contributed by atoms with E-state index in [1.807, 2.05) is 6.07 Å². The summed E-state index contributed by atoms with van der Waals surface area (Å²) in [7, 11) is 0. The Labute approximate surface area is 116 Å². The van der Waals surface area contributed by atoms with Crippen LogP contribution in [0.15, 0.2) is 18.2 Å². The molecule has 0 aliphatic carbocycles. The van der Waals surface area contributed by atoms with Crippen LogP contribution in [0.5, 0.6) is 5.75 Å². The van der Waals surface area contributed by atoms with Crippen molar-refractivity contribution in [2.24, 2.45) is 0 Å². The summed E-state index contributed by atoms with van der Waals surface area (Å²) < 4.78 is 0. The predicted molar refractivity (Wildman–Crippen MR) is 78.2 cm³/mol. The molecule has 102 valence electrons. The van der Waals surface area contributed by atoms with Gasteiger partial charge in [0, 0.05) is 23.2 Å². The lowest BCUT2D eigenvalue weighted by Crippen LogP contribution is -2.31. The second-order valence-corrected chi connectivity index (χ2v) is 5.42. The second-order valence-electron chi connectivity index (χ2n) is 5.01. The first kappa shape index (κ1) is 15.3. The summed E-state index contributed by atoms with van der Waals surface area (Å²) in [6.45, 7) is 8.34. The topological polar surface area (TPSA) is 23.5 Å². The van der Waals surface area contributed by atoms with E-state index in [0.29, 0.717) is 23.4 Å². The minimum atomic E-state index is 0.295. The molecule has 3 heteroatoms. The molecule has 0 spiro atoms. The number of benzene rings is 1. The molecule has 0 saturated heterocycles. The van der Waals surface area contributed by atoms with E-state index < -0.39 is 0 Å². The zero-order valence-electron chi connectivity index (χ0n) is 11.6. The molecule has 0 aliphatic rings. The molecule has 0 atom stereocenters. The third-order valence-corrected chi connectivity index (χ3v) is 3.59. The number of aromatic hydroxyl groups is 1. The molecule has 1 aromatic rings. The number of phenols is 1. The van der Waals surface area contributed by atoms with Crippen LogP contribution in [0.4, 0.5) is 0 Å². The summed E-state index contributed by atoms with van der Waals surface area (Å²) in [5, 5.41) is 10.5. The molecule has 0 unspecified atom stereocenters. The molecule has 0 heterocycles. The molecule has 0 radical (unpaired) electrons. The Hall–Kier alpha value is -0.730. The number of nitrogens with zero attached hydrogens (tertiary/aromatic N) is 1. The van der Waals surface area contributed by atoms with Crippen molar-refractivity contribution < 1.29 is 5.11 Å². The lowest BCUT2D eigenvalue weighted by atomic mass is 10.1. The van der Waals surface area contributed by atoms with E-state index >= 15 is 0 Å². The van der Waals surface area contributed by atoms with Crippen molar-refractivity contribution in [3.05, 3.63) is 28.8 Å². The van der Waals surface area contributed by atoms with Gasteiger partial charge in [0.1, 0.15) is 5.75 Å². The van der Waals surface area contributed by atoms with Crippen molar-refractivity contribution in [3.63, 3.8) is 0 Å². The normalized spacial score (nSPS) is 11.4. The number of halogens is 1. The van der Waals surface area contributed by atoms with Gasteiger partial charge in [-0.3, -0.25) is 4.90 Å². The standard InChI is InChI=1S/C15H24ClNO/c1-4-5-6-10-17(12(2)3)11-13-14(16)8-7-9-15(13)18/h7-9,12,18H,4-6,10-11H2,1-3H3. The van der Waals surface area contributed by atoms with Gasteiger partial charge in [0.25, 0.3) is 0 Å². The van der Waals surface area contributed by atoms with Gasteiger partial charge in [0.05, 0.1) is 0 Å². The fourth-order valence-electron chi connectivity index (χ4n) is 1.99. The molecule has 0 fully saturated rings. The fourth-order valence-corrected chi connectivity index (χ4v) is 2.22. The van der Waals surface area contributed by atoms with Gasteiger partial charge in [-0.15, -0.1) is 0 Å². The Bertz CT molecular complexity index is 345. The number of unbranched alkanes of at least 4 members (excludes halogenated alkanes) is 2. The Morgan fingerprint density at radius 3 is 2.56 bits per heavy atom. The second kappa shape index (κ2) is 7.65. The van der Waals surface area contributed by atoms with E-state index in [9.17, 15) is 5.11 Å². The fraction of sp³-hybridized carbons (Fsp3) is 0.600. The summed E-state index contributed by atoms with van der Waals surface area (Å²) in [5.74, 6) is 0.295. The van der Waals surface area contributed by atoms with Crippen LogP contribution in [0.2, 0.25) is 5.02 Å². The van der Waals surface area contributed by atoms with E-state index in [0.717, 1.165) is 12.1 Å². The van der Waals surface area contributed by atoms with Crippen molar-refractivity contribution in [1.29, 1.82) is 0 Å². The average Bonchev–Trinajstić information content (AvgIpc) is 2.31. The Morgan fingerprint density at radius 1 is 1.28 bits per heavy atom. The highest BCUT2D eigenvalue weighted by atomic mass is 35.5. The molecule has 0 saturated carbocycles. The number of hydrogen-bond acceptors (Lipinski definition) is 2. The van der Waals surface area contributed by atoms with E-state index in [1.165, 1.54) is 19.3 Å². The zero-order chi connectivity index (χ0) is 13.5. The average molecular weight is 270 g/mol. The van der Waals surface area contributed by atoms with Gasteiger partial charge in [-0.05, 0) is 38.9 Å². The van der Waals surface area contributed by atoms with Gasteiger partial charge in [-0.1, -0.05) is 37.4 Å². The highest BCUT2D eigenvalue weighted by Crippen LogP contribution is 2.27. The first-order chi connectivity index (χ1) is 8.56. The molecule has 0 aliphatic heterocycles. The number of phenolic OH excluding ortho intramolecular Hbond substituents is 1. The third-order valence-electron chi connectivity index (χ3n) is 3.23. The van der Waals surface area contributed by atoms with Crippen LogP contribution in [0.1, 0.15) is 45.6 Å². The minimum absolute atomic E-state index is 0.295. The Kier molecular flexibility index (Phi) is 6.51. The monoisotopic (exact) mass is 269 g/mol. The number of hydrogen-bond donors (Lipinski definition) is 1. The van der Waals surface area contributed by atoms with E-state index in [2.05, 4.69) is 25.7 Å². The SMILES string of the molecule is CCCCCN(Cc1c(O)cccc1Cl)C(C)C. The van der Waals surface area contributed by atoms with Gasteiger partial charge >= 0.3 is 0 Å². The van der Waals surface area contributed by atoms with Crippen molar-refractivity contribution in [2.45, 2.75) is 52.6 Å². The maximum Gasteiger partial charge on any atom is 0.121 e. The highest BCUT2D eigenvalue weighted by Gasteiger charge is 2.14. The largest absolute Gasteiger partial charge is 0.508 e. The maximum absolute atomic E-state index is 9.88. The summed E-state index contributed by atoms with van der Waals surface area (Å²) >= 11 is 6.15. The van der Waals surface area contributed by atoms with Gasteiger partial charge in [-0.2, -0.15) is 0 Å². The van der Waals surface area contributed by atoms with E-state index in [4.69, 9.17) is 11.6 Å². The first-order valence-corrected chi connectivity index (χ1v) is 7.14. The van der Waals surface area contributed by atoms with Crippen LogP contribution >= 0.6 is 11.6 Å². The molecule has 2 nitrogen and oxygen atoms in total. The smallest absolute Gasteiger partial charge is 0.121 e. The molecular formula is C15H24ClNO. The van der Waals surface area contributed by atoms with Crippen LogP contribution in [0.25, 0.3) is 0 Å². The quantitative estimate of drug-likeness (QED) is 0.740. The summed E-state index contributed by atoms with van der Waals surface area (Å²) in [4.78, 5) is 2.36. The summed E-state index contributed by atoms with van der Waals surface area (Å²) in [6, 6.07) is 5.77. The highest BCUT2D eigenvalue weighted by molar-refractivity contribution is 6.31. The predicted octanol–water partition coefficient (Wildman–Crippen LogP) is 4.45. The Balaban J connectivity index is 2.71. The lowest BCUT2D eigenvalue weighted by molar-refractivity contribution is 0.206. The summed E-state index contributed by atoms with van der Waals surface area (Å²) in [5.41, 5.74) is 0.837. The van der Waals surface area contributed by atoms with Crippen molar-refractivity contribution in [3.8, 4) is 5.75 Å². The van der Waals surface area contributed by atoms with E-state index in [-0.39, 0.29) is 0 Å². The molecule has 1 N–H and O–H groups in total. The van der Waals surface area contributed by atoms with Gasteiger partial charge in [0.2, 0.25) is 0 Å². The van der Waals surface area contributed by atoms with Crippen LogP contribution in [-0.4, -0.2) is 22.6 Å². The van der Waals surface area contributed by atoms with E-state index in [1.54, 1.807) is 12.1 Å². The zero-order valence-corrected chi connectivity index (χ0v) is 12.4. The molecule has 0 aromatic heterocycles.